The maximum atomic E-state index is 13.1. The third-order valence-electron chi connectivity index (χ3n) is 4.58. The molecule has 3 heterocycles. The van der Waals surface area contributed by atoms with Crippen LogP contribution < -0.4 is 5.43 Å². The Morgan fingerprint density at radius 2 is 1.84 bits per heavy atom. The summed E-state index contributed by atoms with van der Waals surface area (Å²) >= 11 is 0. The molecule has 0 saturated carbocycles. The van der Waals surface area contributed by atoms with Crippen LogP contribution in [0.1, 0.15) is 5.56 Å². The Balaban J connectivity index is 2.10. The number of hydrogen-bond donors (Lipinski definition) is 3. The molecule has 128 valence electrons. The highest BCUT2D eigenvalue weighted by Gasteiger charge is 2.63. The second-order valence-electron chi connectivity index (χ2n) is 5.83. The van der Waals surface area contributed by atoms with Gasteiger partial charge in [0.25, 0.3) is 5.91 Å². The monoisotopic (exact) mass is 342 g/mol. The number of rotatable bonds is 1. The molecule has 1 aromatic carbocycles. The van der Waals surface area contributed by atoms with Crippen molar-refractivity contribution in [2.45, 2.75) is 5.54 Å². The van der Waals surface area contributed by atoms with Crippen LogP contribution in [0.25, 0.3) is 10.9 Å². The minimum atomic E-state index is -1.97. The number of aromatic nitrogens is 1. The van der Waals surface area contributed by atoms with Crippen LogP contribution in [0.4, 0.5) is 9.59 Å². The zero-order chi connectivity index (χ0) is 17.9. The third kappa shape index (κ3) is 1.66. The van der Waals surface area contributed by atoms with Crippen LogP contribution >= 0.6 is 0 Å². The van der Waals surface area contributed by atoms with Gasteiger partial charge in [0.2, 0.25) is 5.54 Å². The second-order valence-corrected chi connectivity index (χ2v) is 5.83. The molecule has 1 saturated heterocycles. The number of carbonyl (C=O) groups is 3. The molecule has 1 unspecified atom stereocenters. The summed E-state index contributed by atoms with van der Waals surface area (Å²) in [5, 5.41) is 15.4. The van der Waals surface area contributed by atoms with Gasteiger partial charge in [0.1, 0.15) is 0 Å². The highest BCUT2D eigenvalue weighted by Crippen LogP contribution is 2.40. The lowest BCUT2D eigenvalue weighted by atomic mass is 9.83. The molecule has 1 atom stereocenters. The van der Waals surface area contributed by atoms with Gasteiger partial charge in [-0.15, -0.1) is 0 Å². The van der Waals surface area contributed by atoms with Crippen molar-refractivity contribution in [3.05, 3.63) is 36.0 Å². The fourth-order valence-electron chi connectivity index (χ4n) is 3.35. The summed E-state index contributed by atoms with van der Waals surface area (Å²) in [4.78, 5) is 42.5. The Hall–Kier alpha value is -3.40. The predicted octanol–water partition coefficient (Wildman–Crippen LogP) is 0.615. The smallest absolute Gasteiger partial charge is 0.361 e. The van der Waals surface area contributed by atoms with Crippen LogP contribution in [0, 0.1) is 0 Å². The van der Waals surface area contributed by atoms with E-state index in [9.17, 15) is 19.6 Å². The van der Waals surface area contributed by atoms with E-state index in [0.717, 1.165) is 9.80 Å². The SMILES string of the molecule is CN1C(=O)N(C)C2=NNC(=O)N(O)C2(c2c[nH]c3ccccc23)C1=O. The molecule has 0 bridgehead atoms. The first-order chi connectivity index (χ1) is 11.9. The van der Waals surface area contributed by atoms with Gasteiger partial charge < -0.3 is 4.98 Å². The molecule has 2 aromatic rings. The van der Waals surface area contributed by atoms with Crippen molar-refractivity contribution in [2.24, 2.45) is 5.10 Å². The Labute approximate surface area is 141 Å². The maximum absolute atomic E-state index is 13.1. The molecule has 0 radical (unpaired) electrons. The molecule has 1 aromatic heterocycles. The number of hydrazone groups is 1. The normalized spacial score (nSPS) is 23.7. The van der Waals surface area contributed by atoms with E-state index in [1.54, 1.807) is 18.2 Å². The van der Waals surface area contributed by atoms with Gasteiger partial charge >= 0.3 is 12.1 Å². The Bertz CT molecular complexity index is 966. The number of amides is 5. The van der Waals surface area contributed by atoms with Gasteiger partial charge in [0.15, 0.2) is 5.84 Å². The van der Waals surface area contributed by atoms with E-state index in [1.165, 1.54) is 20.3 Å². The number of imide groups is 1. The molecule has 10 heteroatoms. The number of likely N-dealkylation sites (N-methyl/N-ethyl adjacent to an activating group) is 2. The van der Waals surface area contributed by atoms with Crippen LogP contribution in [0.3, 0.4) is 0 Å². The molecule has 4 rings (SSSR count). The number of aromatic amines is 1. The number of nitrogens with zero attached hydrogens (tertiary/aromatic N) is 4. The Morgan fingerprint density at radius 3 is 2.60 bits per heavy atom. The Kier molecular flexibility index (Phi) is 2.91. The maximum Gasteiger partial charge on any atom is 0.363 e. The van der Waals surface area contributed by atoms with E-state index in [2.05, 4.69) is 15.5 Å². The summed E-state index contributed by atoms with van der Waals surface area (Å²) < 4.78 is 0. The molecular formula is C15H14N6O4. The summed E-state index contributed by atoms with van der Waals surface area (Å²) in [5.41, 5.74) is 1.15. The van der Waals surface area contributed by atoms with Gasteiger partial charge in [0, 0.05) is 36.8 Å². The van der Waals surface area contributed by atoms with E-state index in [0.29, 0.717) is 16.5 Å². The van der Waals surface area contributed by atoms with Crippen LogP contribution in [-0.2, 0) is 10.3 Å². The number of nitrogens with one attached hydrogen (secondary N) is 2. The molecular weight excluding hydrogens is 328 g/mol. The predicted molar refractivity (Wildman–Crippen MR) is 85.5 cm³/mol. The zero-order valence-corrected chi connectivity index (χ0v) is 13.3. The summed E-state index contributed by atoms with van der Waals surface area (Å²) in [5.74, 6) is -0.871. The summed E-state index contributed by atoms with van der Waals surface area (Å²) in [6.45, 7) is 0. The number of benzene rings is 1. The van der Waals surface area contributed by atoms with Crippen molar-refractivity contribution < 1.29 is 19.6 Å². The van der Waals surface area contributed by atoms with Crippen molar-refractivity contribution in [3.63, 3.8) is 0 Å². The molecule has 3 N–H and O–H groups in total. The van der Waals surface area contributed by atoms with Crippen molar-refractivity contribution in [3.8, 4) is 0 Å². The first-order valence-electron chi connectivity index (χ1n) is 7.40. The first kappa shape index (κ1) is 15.1. The molecule has 0 aliphatic carbocycles. The summed E-state index contributed by atoms with van der Waals surface area (Å²) in [7, 11) is 2.70. The van der Waals surface area contributed by atoms with E-state index in [1.807, 2.05) is 6.07 Å². The molecule has 1 fully saturated rings. The number of hydroxylamine groups is 2. The fraction of sp³-hybridized carbons (Fsp3) is 0.200. The minimum absolute atomic E-state index is 0.0903. The number of H-pyrrole nitrogens is 1. The van der Waals surface area contributed by atoms with Crippen LogP contribution in [0.2, 0.25) is 0 Å². The average Bonchev–Trinajstić information content (AvgIpc) is 3.05. The van der Waals surface area contributed by atoms with Gasteiger partial charge in [-0.25, -0.2) is 15.0 Å². The Morgan fingerprint density at radius 1 is 1.12 bits per heavy atom. The number of hydrogen-bond acceptors (Lipinski definition) is 5. The first-order valence-corrected chi connectivity index (χ1v) is 7.40. The minimum Gasteiger partial charge on any atom is -0.361 e. The second kappa shape index (κ2) is 4.80. The molecule has 2 aliphatic heterocycles. The van der Waals surface area contributed by atoms with Gasteiger partial charge in [-0.2, -0.15) is 10.2 Å². The van der Waals surface area contributed by atoms with Crippen LogP contribution in [0.15, 0.2) is 35.6 Å². The third-order valence-corrected chi connectivity index (χ3v) is 4.58. The van der Waals surface area contributed by atoms with E-state index in [4.69, 9.17) is 0 Å². The number of fused-ring (bicyclic) bond motifs is 2. The average molecular weight is 342 g/mol. The van der Waals surface area contributed by atoms with Gasteiger partial charge in [-0.3, -0.25) is 19.8 Å². The van der Waals surface area contributed by atoms with Crippen LogP contribution in [-0.4, -0.2) is 63.0 Å². The molecule has 25 heavy (non-hydrogen) atoms. The zero-order valence-electron chi connectivity index (χ0n) is 13.3. The van der Waals surface area contributed by atoms with Gasteiger partial charge in [-0.05, 0) is 6.07 Å². The van der Waals surface area contributed by atoms with E-state index < -0.39 is 23.5 Å². The lowest BCUT2D eigenvalue weighted by Crippen LogP contribution is -2.74. The fourth-order valence-corrected chi connectivity index (χ4v) is 3.35. The highest BCUT2D eigenvalue weighted by atomic mass is 16.5. The van der Waals surface area contributed by atoms with Crippen LogP contribution in [0.5, 0.6) is 0 Å². The highest BCUT2D eigenvalue weighted by molar-refractivity contribution is 6.26. The molecule has 2 aliphatic rings. The number of amidine groups is 1. The van der Waals surface area contributed by atoms with Crippen molar-refractivity contribution in [1.82, 2.24) is 25.3 Å². The lowest BCUT2D eigenvalue weighted by molar-refractivity contribution is -0.161. The quantitative estimate of drug-likeness (QED) is 0.658. The van der Waals surface area contributed by atoms with E-state index in [-0.39, 0.29) is 10.9 Å². The topological polar surface area (TPSA) is 121 Å². The number of para-hydroxylation sites is 1. The summed E-state index contributed by atoms with van der Waals surface area (Å²) in [6.07, 6.45) is 1.53. The summed E-state index contributed by atoms with van der Waals surface area (Å²) in [6, 6.07) is 5.52. The van der Waals surface area contributed by atoms with Crippen molar-refractivity contribution in [1.29, 1.82) is 0 Å². The molecule has 0 spiro atoms. The van der Waals surface area contributed by atoms with E-state index >= 15 is 0 Å². The number of carbonyl (C=O) groups excluding carboxylic acids is 3. The van der Waals surface area contributed by atoms with Gasteiger partial charge in [0.05, 0.1) is 0 Å². The van der Waals surface area contributed by atoms with Crippen molar-refractivity contribution in [2.75, 3.05) is 14.1 Å². The lowest BCUT2D eigenvalue weighted by Gasteiger charge is -2.48. The standard InChI is InChI=1S/C15H14N6O4/c1-19-11-15(12(22)20(2)14(19)24,21(25)13(23)18-17-11)9-7-16-10-6-4-3-5-8(9)10/h3-7,16,25H,1-2H3,(H,18,23). The largest absolute Gasteiger partial charge is 0.363 e. The number of urea groups is 2. The molecule has 10 nitrogen and oxygen atoms in total. The van der Waals surface area contributed by atoms with Gasteiger partial charge in [-0.1, -0.05) is 18.2 Å². The molecule has 5 amide bonds. The van der Waals surface area contributed by atoms with Crippen molar-refractivity contribution >= 4 is 34.7 Å².